The summed E-state index contributed by atoms with van der Waals surface area (Å²) < 4.78 is 31.8. The summed E-state index contributed by atoms with van der Waals surface area (Å²) in [5.74, 6) is -0.499. The van der Waals surface area contributed by atoms with E-state index in [0.717, 1.165) is 8.66 Å². The molecule has 8 heteroatoms. The van der Waals surface area contributed by atoms with Gasteiger partial charge in [0.25, 0.3) is 0 Å². The SMILES string of the molecule is COC(=O)c1ccc(S(=O)(=O)N(C)Cc2ccc(Br)s2)cc1. The topological polar surface area (TPSA) is 63.7 Å². The van der Waals surface area contributed by atoms with Crippen LogP contribution in [0.4, 0.5) is 0 Å². The number of esters is 1. The van der Waals surface area contributed by atoms with E-state index in [-0.39, 0.29) is 11.4 Å². The first-order valence-corrected chi connectivity index (χ1v) is 9.28. The van der Waals surface area contributed by atoms with Crippen LogP contribution in [-0.4, -0.2) is 32.8 Å². The van der Waals surface area contributed by atoms with Crippen LogP contribution in [0.2, 0.25) is 0 Å². The summed E-state index contributed by atoms with van der Waals surface area (Å²) in [5.41, 5.74) is 0.311. The molecule has 1 aromatic carbocycles. The van der Waals surface area contributed by atoms with Crippen molar-refractivity contribution >= 4 is 43.3 Å². The highest BCUT2D eigenvalue weighted by molar-refractivity contribution is 9.11. The molecule has 0 amide bonds. The smallest absolute Gasteiger partial charge is 0.337 e. The van der Waals surface area contributed by atoms with Gasteiger partial charge in [0.05, 0.1) is 21.4 Å². The van der Waals surface area contributed by atoms with Crippen molar-refractivity contribution in [2.24, 2.45) is 0 Å². The molecule has 0 fully saturated rings. The number of thiophene rings is 1. The van der Waals surface area contributed by atoms with Crippen molar-refractivity contribution in [3.8, 4) is 0 Å². The van der Waals surface area contributed by atoms with Crippen molar-refractivity contribution in [3.63, 3.8) is 0 Å². The van der Waals surface area contributed by atoms with Crippen molar-refractivity contribution in [2.75, 3.05) is 14.2 Å². The predicted molar refractivity (Wildman–Crippen MR) is 88.5 cm³/mol. The standard InChI is InChI=1S/C14H14BrNO4S2/c1-16(9-11-5-8-13(15)21-11)22(18,19)12-6-3-10(4-7-12)14(17)20-2/h3-8H,9H2,1-2H3. The molecular formula is C14H14BrNO4S2. The molecule has 2 aromatic rings. The first-order valence-electron chi connectivity index (χ1n) is 6.23. The second-order valence-corrected chi connectivity index (χ2v) is 9.08. The van der Waals surface area contributed by atoms with E-state index in [0.29, 0.717) is 5.56 Å². The number of carbonyl (C=O) groups is 1. The van der Waals surface area contributed by atoms with Crippen LogP contribution in [0.1, 0.15) is 15.2 Å². The van der Waals surface area contributed by atoms with Gasteiger partial charge in [0.2, 0.25) is 10.0 Å². The van der Waals surface area contributed by atoms with E-state index in [1.54, 1.807) is 0 Å². The van der Waals surface area contributed by atoms with E-state index in [2.05, 4.69) is 20.7 Å². The molecule has 0 aliphatic heterocycles. The van der Waals surface area contributed by atoms with Gasteiger partial charge < -0.3 is 4.74 Å². The average molecular weight is 404 g/mol. The van der Waals surface area contributed by atoms with Crippen LogP contribution < -0.4 is 0 Å². The summed E-state index contributed by atoms with van der Waals surface area (Å²) in [6, 6.07) is 9.44. The van der Waals surface area contributed by atoms with Crippen molar-refractivity contribution in [1.82, 2.24) is 4.31 Å². The van der Waals surface area contributed by atoms with E-state index in [1.807, 2.05) is 12.1 Å². The Morgan fingerprint density at radius 1 is 1.23 bits per heavy atom. The maximum absolute atomic E-state index is 12.5. The van der Waals surface area contributed by atoms with Crippen LogP contribution in [0.5, 0.6) is 0 Å². The molecule has 1 aromatic heterocycles. The first-order chi connectivity index (χ1) is 10.3. The Morgan fingerprint density at radius 3 is 2.36 bits per heavy atom. The lowest BCUT2D eigenvalue weighted by Gasteiger charge is -2.16. The molecule has 0 spiro atoms. The highest BCUT2D eigenvalue weighted by Gasteiger charge is 2.21. The molecule has 0 aliphatic carbocycles. The first kappa shape index (κ1) is 17.1. The zero-order valence-electron chi connectivity index (χ0n) is 11.9. The Hall–Kier alpha value is -1.22. The number of methoxy groups -OCH3 is 1. The van der Waals surface area contributed by atoms with Gasteiger partial charge in [-0.15, -0.1) is 11.3 Å². The molecule has 118 valence electrons. The fraction of sp³-hybridized carbons (Fsp3) is 0.214. The monoisotopic (exact) mass is 403 g/mol. The number of halogens is 1. The number of sulfonamides is 1. The molecule has 1 heterocycles. The van der Waals surface area contributed by atoms with Crippen LogP contribution in [0.25, 0.3) is 0 Å². The fourth-order valence-electron chi connectivity index (χ4n) is 1.80. The zero-order chi connectivity index (χ0) is 16.3. The van der Waals surface area contributed by atoms with Crippen molar-refractivity contribution in [1.29, 1.82) is 0 Å². The number of carbonyl (C=O) groups excluding carboxylic acids is 1. The minimum Gasteiger partial charge on any atom is -0.465 e. The number of hydrogen-bond acceptors (Lipinski definition) is 5. The molecule has 2 rings (SSSR count). The Balaban J connectivity index is 2.20. The molecule has 0 radical (unpaired) electrons. The number of hydrogen-bond donors (Lipinski definition) is 0. The Morgan fingerprint density at radius 2 is 1.86 bits per heavy atom. The molecule has 0 N–H and O–H groups in total. The summed E-state index contributed by atoms with van der Waals surface area (Å²) in [5, 5.41) is 0. The molecule has 0 atom stereocenters. The van der Waals surface area contributed by atoms with Crippen LogP contribution in [0.3, 0.4) is 0 Å². The van der Waals surface area contributed by atoms with Gasteiger partial charge in [-0.25, -0.2) is 13.2 Å². The van der Waals surface area contributed by atoms with E-state index < -0.39 is 16.0 Å². The van der Waals surface area contributed by atoms with Crippen molar-refractivity contribution in [3.05, 3.63) is 50.6 Å². The lowest BCUT2D eigenvalue weighted by Crippen LogP contribution is -2.26. The fourth-order valence-corrected chi connectivity index (χ4v) is 4.57. The highest BCUT2D eigenvalue weighted by atomic mass is 79.9. The number of benzene rings is 1. The molecule has 5 nitrogen and oxygen atoms in total. The minimum absolute atomic E-state index is 0.137. The molecule has 0 bridgehead atoms. The minimum atomic E-state index is -3.60. The highest BCUT2D eigenvalue weighted by Crippen LogP contribution is 2.25. The third-order valence-electron chi connectivity index (χ3n) is 2.99. The largest absolute Gasteiger partial charge is 0.465 e. The molecular weight excluding hydrogens is 390 g/mol. The van der Waals surface area contributed by atoms with Gasteiger partial charge in [0, 0.05) is 18.5 Å². The number of rotatable bonds is 5. The number of nitrogens with zero attached hydrogens (tertiary/aromatic N) is 1. The van der Waals surface area contributed by atoms with E-state index >= 15 is 0 Å². The Bertz CT molecular complexity index is 768. The second kappa shape index (κ2) is 6.91. The summed E-state index contributed by atoms with van der Waals surface area (Å²) in [4.78, 5) is 12.4. The summed E-state index contributed by atoms with van der Waals surface area (Å²) in [7, 11) is -0.802. The normalized spacial score (nSPS) is 11.6. The van der Waals surface area contributed by atoms with Crippen molar-refractivity contribution < 1.29 is 17.9 Å². The van der Waals surface area contributed by atoms with Crippen LogP contribution >= 0.6 is 27.3 Å². The second-order valence-electron chi connectivity index (χ2n) is 4.48. The van der Waals surface area contributed by atoms with Gasteiger partial charge in [-0.05, 0) is 52.3 Å². The van der Waals surface area contributed by atoms with E-state index in [4.69, 9.17) is 0 Å². The maximum atomic E-state index is 12.5. The van der Waals surface area contributed by atoms with Gasteiger partial charge in [-0.2, -0.15) is 4.31 Å². The molecule has 0 saturated carbocycles. The molecule has 0 saturated heterocycles. The van der Waals surface area contributed by atoms with Gasteiger partial charge in [-0.1, -0.05) is 0 Å². The third kappa shape index (κ3) is 3.75. The molecule has 22 heavy (non-hydrogen) atoms. The van der Waals surface area contributed by atoms with Crippen LogP contribution in [0.15, 0.2) is 45.1 Å². The van der Waals surface area contributed by atoms with Gasteiger partial charge in [-0.3, -0.25) is 0 Å². The summed E-state index contributed by atoms with van der Waals surface area (Å²) in [6.45, 7) is 0.289. The summed E-state index contributed by atoms with van der Waals surface area (Å²) >= 11 is 4.84. The predicted octanol–water partition coefficient (Wildman–Crippen LogP) is 3.12. The van der Waals surface area contributed by atoms with E-state index in [1.165, 1.54) is 54.1 Å². The Kier molecular flexibility index (Phi) is 5.38. The average Bonchev–Trinajstić information content (AvgIpc) is 2.91. The third-order valence-corrected chi connectivity index (χ3v) is 6.42. The quantitative estimate of drug-likeness (QED) is 0.719. The van der Waals surface area contributed by atoms with Gasteiger partial charge >= 0.3 is 5.97 Å². The van der Waals surface area contributed by atoms with Crippen LogP contribution in [-0.2, 0) is 21.3 Å². The van der Waals surface area contributed by atoms with Crippen LogP contribution in [0, 0.1) is 0 Å². The Labute approximate surface area is 141 Å². The maximum Gasteiger partial charge on any atom is 0.337 e. The molecule has 0 unspecified atom stereocenters. The van der Waals surface area contributed by atoms with Gasteiger partial charge in [0.15, 0.2) is 0 Å². The summed E-state index contributed by atoms with van der Waals surface area (Å²) in [6.07, 6.45) is 0. The lowest BCUT2D eigenvalue weighted by molar-refractivity contribution is 0.0600. The molecule has 0 aliphatic rings. The lowest BCUT2D eigenvalue weighted by atomic mass is 10.2. The zero-order valence-corrected chi connectivity index (χ0v) is 15.2. The van der Waals surface area contributed by atoms with E-state index in [9.17, 15) is 13.2 Å². The number of ether oxygens (including phenoxy) is 1. The van der Waals surface area contributed by atoms with Crippen molar-refractivity contribution in [2.45, 2.75) is 11.4 Å². The van der Waals surface area contributed by atoms with Gasteiger partial charge in [0.1, 0.15) is 0 Å².